The van der Waals surface area contributed by atoms with Crippen LogP contribution < -0.4 is 60.6 Å². The number of nitrogens with two attached hydrogens (primary N) is 5. The Hall–Kier alpha value is -3.91. The second kappa shape index (κ2) is 56.0. The molecule has 0 rings (SSSR count). The quantitative estimate of drug-likeness (QED) is 0.0264. The molecule has 6 amide bonds. The molecular formula is C60H119N11O8. The molecule has 0 aliphatic heterocycles. The predicted molar refractivity (Wildman–Crippen MR) is 321 cm³/mol. The van der Waals surface area contributed by atoms with Gasteiger partial charge in [0, 0.05) is 38.9 Å². The van der Waals surface area contributed by atoms with Crippen molar-refractivity contribution in [2.45, 2.75) is 294 Å². The van der Waals surface area contributed by atoms with E-state index in [1.165, 1.54) is 12.8 Å². The van der Waals surface area contributed by atoms with E-state index in [1.807, 2.05) is 0 Å². The van der Waals surface area contributed by atoms with Crippen LogP contribution in [0.15, 0.2) is 0 Å². The summed E-state index contributed by atoms with van der Waals surface area (Å²) in [6.07, 6.45) is 37.6. The number of hydrogen-bond acceptors (Lipinski definition) is 12. The Kier molecular flexibility index (Phi) is 53.2. The SMILES string of the molecule is NCCCC[C@H](NC(=O)CCCCCCCCCCCNC(=O)[C@H](CCCCN)NC(=O)CCCCCCCCCCCNC(=O)[C@H](CCCCN)NC(=O)CCCCCCCCCCCNC(=O)[C@@H](N)CCCCN)C(=O)O. The first-order valence-electron chi connectivity index (χ1n) is 31.9. The highest BCUT2D eigenvalue weighted by Crippen LogP contribution is 2.15. The Labute approximate surface area is 478 Å². The molecule has 4 atom stereocenters. The average Bonchev–Trinajstić information content (AvgIpc) is 3.42. The molecule has 0 saturated heterocycles. The van der Waals surface area contributed by atoms with Gasteiger partial charge in [0.05, 0.1) is 6.04 Å². The molecule has 79 heavy (non-hydrogen) atoms. The van der Waals surface area contributed by atoms with E-state index < -0.39 is 30.1 Å². The van der Waals surface area contributed by atoms with Crippen LogP contribution in [-0.2, 0) is 33.6 Å². The van der Waals surface area contributed by atoms with Gasteiger partial charge in [-0.1, -0.05) is 141 Å². The summed E-state index contributed by atoms with van der Waals surface area (Å²) in [5.41, 5.74) is 28.3. The fourth-order valence-corrected chi connectivity index (χ4v) is 9.67. The van der Waals surface area contributed by atoms with Crippen molar-refractivity contribution in [1.29, 1.82) is 0 Å². The van der Waals surface area contributed by atoms with Crippen molar-refractivity contribution in [2.24, 2.45) is 28.7 Å². The van der Waals surface area contributed by atoms with E-state index in [0.717, 1.165) is 205 Å². The molecule has 0 saturated carbocycles. The van der Waals surface area contributed by atoms with Crippen molar-refractivity contribution in [3.63, 3.8) is 0 Å². The Balaban J connectivity index is 4.10. The molecule has 0 spiro atoms. The van der Waals surface area contributed by atoms with Crippen LogP contribution in [-0.4, -0.2) is 116 Å². The summed E-state index contributed by atoms with van der Waals surface area (Å²) >= 11 is 0. The van der Waals surface area contributed by atoms with E-state index in [0.29, 0.717) is 97.2 Å². The maximum Gasteiger partial charge on any atom is 0.326 e. The molecule has 0 heterocycles. The number of carbonyl (C=O) groups excluding carboxylic acids is 6. The summed E-state index contributed by atoms with van der Waals surface area (Å²) in [5, 5.41) is 27.0. The van der Waals surface area contributed by atoms with Gasteiger partial charge in [0.25, 0.3) is 0 Å². The summed E-state index contributed by atoms with van der Waals surface area (Å²) in [6, 6.07) is -2.37. The van der Waals surface area contributed by atoms with Crippen molar-refractivity contribution in [1.82, 2.24) is 31.9 Å². The molecule has 0 radical (unpaired) electrons. The number of carbonyl (C=O) groups is 7. The molecule has 0 aliphatic rings. The van der Waals surface area contributed by atoms with Gasteiger partial charge in [0.1, 0.15) is 18.1 Å². The minimum absolute atomic E-state index is 0.0668. The summed E-state index contributed by atoms with van der Waals surface area (Å²) in [4.78, 5) is 87.5. The normalized spacial score (nSPS) is 12.8. The smallest absolute Gasteiger partial charge is 0.326 e. The standard InChI is InChI=1S/C60H119N11O8/c61-43-29-25-36-50(65)57(75)66-47-33-19-13-7-1-4-10-16-22-40-54(72)69-51(37-26-30-44-62)58(76)67-48-34-20-14-8-2-5-11-17-23-41-55(73)70-52(38-27-31-45-63)59(77)68-49-35-21-15-9-3-6-12-18-24-42-56(74)71-53(60(78)79)39-28-32-46-64/h50-53H,1-49,61-65H2,(H,66,75)(H,67,76)(H,68,77)(H,69,72)(H,70,73)(H,71,74)(H,78,79)/t50-,51-,52-,53-/m0/s1. The van der Waals surface area contributed by atoms with E-state index in [4.69, 9.17) is 28.7 Å². The Morgan fingerprint density at radius 3 is 0.823 bits per heavy atom. The fourth-order valence-electron chi connectivity index (χ4n) is 9.67. The number of nitrogens with one attached hydrogen (secondary N) is 6. The highest BCUT2D eigenvalue weighted by atomic mass is 16.4. The first-order valence-corrected chi connectivity index (χ1v) is 31.9. The minimum atomic E-state index is -1.00. The molecule has 0 fully saturated rings. The number of amides is 6. The van der Waals surface area contributed by atoms with E-state index in [-0.39, 0.29) is 35.4 Å². The first kappa shape index (κ1) is 75.1. The van der Waals surface area contributed by atoms with Gasteiger partial charge in [-0.25, -0.2) is 4.79 Å². The van der Waals surface area contributed by atoms with Crippen LogP contribution in [0, 0.1) is 0 Å². The topological polar surface area (TPSA) is 342 Å². The lowest BCUT2D eigenvalue weighted by atomic mass is 10.0. The van der Waals surface area contributed by atoms with Gasteiger partial charge in [0.2, 0.25) is 35.4 Å². The second-order valence-electron chi connectivity index (χ2n) is 22.1. The van der Waals surface area contributed by atoms with Crippen molar-refractivity contribution in [3.8, 4) is 0 Å². The summed E-state index contributed by atoms with van der Waals surface area (Å²) < 4.78 is 0. The Bertz CT molecular complexity index is 1530. The predicted octanol–water partition coefficient (Wildman–Crippen LogP) is 7.42. The van der Waals surface area contributed by atoms with Crippen molar-refractivity contribution >= 4 is 41.4 Å². The van der Waals surface area contributed by atoms with Gasteiger partial charge < -0.3 is 65.7 Å². The zero-order valence-corrected chi connectivity index (χ0v) is 49.6. The van der Waals surface area contributed by atoms with Crippen molar-refractivity contribution < 1.29 is 38.7 Å². The minimum Gasteiger partial charge on any atom is -0.480 e. The van der Waals surface area contributed by atoms with Gasteiger partial charge in [-0.2, -0.15) is 0 Å². The number of carboxylic acids is 1. The third kappa shape index (κ3) is 48.5. The van der Waals surface area contributed by atoms with E-state index in [2.05, 4.69) is 31.9 Å². The first-order chi connectivity index (χ1) is 38.4. The zero-order chi connectivity index (χ0) is 58.2. The Morgan fingerprint density at radius 2 is 0.532 bits per heavy atom. The molecule has 19 heteroatoms. The van der Waals surface area contributed by atoms with Gasteiger partial charge in [-0.15, -0.1) is 0 Å². The molecule has 0 unspecified atom stereocenters. The van der Waals surface area contributed by atoms with Crippen LogP contribution >= 0.6 is 0 Å². The summed E-state index contributed by atoms with van der Waals surface area (Å²) in [6.45, 7) is 4.09. The highest BCUT2D eigenvalue weighted by molar-refractivity contribution is 5.88. The second-order valence-corrected chi connectivity index (χ2v) is 22.1. The van der Waals surface area contributed by atoms with E-state index in [9.17, 15) is 38.7 Å². The maximum atomic E-state index is 13.1. The largest absolute Gasteiger partial charge is 0.480 e. The lowest BCUT2D eigenvalue weighted by Crippen LogP contribution is -2.47. The third-order valence-corrected chi connectivity index (χ3v) is 14.7. The maximum absolute atomic E-state index is 13.1. The van der Waals surface area contributed by atoms with Crippen LogP contribution in [0.5, 0.6) is 0 Å². The fraction of sp³-hybridized carbons (Fsp3) is 0.883. The van der Waals surface area contributed by atoms with Crippen LogP contribution in [0.25, 0.3) is 0 Å². The van der Waals surface area contributed by atoms with Crippen LogP contribution in [0.1, 0.15) is 270 Å². The molecule has 0 aromatic heterocycles. The number of carboxylic acid groups (broad SMARTS) is 1. The summed E-state index contributed by atoms with van der Waals surface area (Å²) in [7, 11) is 0. The molecule has 0 bridgehead atoms. The van der Waals surface area contributed by atoms with Crippen LogP contribution in [0.2, 0.25) is 0 Å². The van der Waals surface area contributed by atoms with Crippen molar-refractivity contribution in [2.75, 3.05) is 45.8 Å². The molecule has 19 nitrogen and oxygen atoms in total. The summed E-state index contributed by atoms with van der Waals surface area (Å²) in [5.74, 6) is -1.66. The number of unbranched alkanes of at least 4 members (excludes halogenated alkanes) is 28. The number of rotatable bonds is 59. The average molecular weight is 1120 g/mol. The number of aliphatic carboxylic acids is 1. The zero-order valence-electron chi connectivity index (χ0n) is 49.6. The molecule has 17 N–H and O–H groups in total. The lowest BCUT2D eigenvalue weighted by molar-refractivity contribution is -0.142. The monoisotopic (exact) mass is 1120 g/mol. The van der Waals surface area contributed by atoms with E-state index in [1.54, 1.807) is 0 Å². The van der Waals surface area contributed by atoms with Gasteiger partial charge >= 0.3 is 5.97 Å². The van der Waals surface area contributed by atoms with E-state index >= 15 is 0 Å². The molecular weight excluding hydrogens is 1000 g/mol. The molecule has 462 valence electrons. The van der Waals surface area contributed by atoms with Gasteiger partial charge in [0.15, 0.2) is 0 Å². The molecule has 0 aromatic carbocycles. The highest BCUT2D eigenvalue weighted by Gasteiger charge is 2.22. The Morgan fingerprint density at radius 1 is 0.291 bits per heavy atom. The van der Waals surface area contributed by atoms with Gasteiger partial charge in [-0.05, 0) is 135 Å². The molecule has 0 aromatic rings. The van der Waals surface area contributed by atoms with Crippen LogP contribution in [0.3, 0.4) is 0 Å². The third-order valence-electron chi connectivity index (χ3n) is 14.7. The molecule has 0 aliphatic carbocycles. The lowest BCUT2D eigenvalue weighted by Gasteiger charge is -2.18. The van der Waals surface area contributed by atoms with Gasteiger partial charge in [-0.3, -0.25) is 28.8 Å². The van der Waals surface area contributed by atoms with Crippen LogP contribution in [0.4, 0.5) is 0 Å². The van der Waals surface area contributed by atoms with Crippen molar-refractivity contribution in [3.05, 3.63) is 0 Å². The number of hydrogen-bond donors (Lipinski definition) is 12.